The van der Waals surface area contributed by atoms with E-state index in [1.807, 2.05) is 12.1 Å². The molecule has 0 saturated carbocycles. The summed E-state index contributed by atoms with van der Waals surface area (Å²) in [6.45, 7) is 0. The van der Waals surface area contributed by atoms with Crippen molar-refractivity contribution in [3.63, 3.8) is 0 Å². The average molecular weight is 1800 g/mol. The molecule has 8 heteroatoms. The first-order chi connectivity index (χ1) is 70.4. The summed E-state index contributed by atoms with van der Waals surface area (Å²) < 4.78 is 9.87. The van der Waals surface area contributed by atoms with Gasteiger partial charge in [0.05, 0.1) is 100 Å². The lowest BCUT2D eigenvalue weighted by Gasteiger charge is -2.17. The van der Waals surface area contributed by atoms with Gasteiger partial charge in [-0.25, -0.2) is 19.9 Å². The summed E-state index contributed by atoms with van der Waals surface area (Å²) in [5.41, 5.74) is 30.3. The van der Waals surface area contributed by atoms with Crippen LogP contribution in [0, 0.1) is 0 Å². The van der Waals surface area contributed by atoms with Crippen LogP contribution >= 0.6 is 0 Å². The minimum absolute atomic E-state index is 0.864. The number of aromatic nitrogens is 8. The van der Waals surface area contributed by atoms with Gasteiger partial charge >= 0.3 is 0 Å². The van der Waals surface area contributed by atoms with Crippen LogP contribution in [0.5, 0.6) is 0 Å². The lowest BCUT2D eigenvalue weighted by molar-refractivity contribution is 1.17. The fourth-order valence-electron chi connectivity index (χ4n) is 24.4. The Morgan fingerprint density at radius 3 is 1.16 bits per heavy atom. The lowest BCUT2D eigenvalue weighted by atomic mass is 9.92. The number of nitrogens with zero attached hydrogens (tertiary/aromatic N) is 8. The Morgan fingerprint density at radius 1 is 0.134 bits per heavy atom. The number of hydrogen-bond donors (Lipinski definition) is 0. The van der Waals surface area contributed by atoms with E-state index in [1.165, 1.54) is 185 Å². The molecule has 8 nitrogen and oxygen atoms in total. The summed E-state index contributed by atoms with van der Waals surface area (Å²) in [5.74, 6) is 0. The molecule has 0 fully saturated rings. The summed E-state index contributed by atoms with van der Waals surface area (Å²) in [6.07, 6.45) is 0. The smallest absolute Gasteiger partial charge is 0.0979 e. The topological polar surface area (TPSA) is 71.3 Å². The highest BCUT2D eigenvalue weighted by Gasteiger charge is 2.30. The van der Waals surface area contributed by atoms with Crippen LogP contribution < -0.4 is 0 Å². The highest BCUT2D eigenvalue weighted by Crippen LogP contribution is 2.53. The van der Waals surface area contributed by atoms with Crippen molar-refractivity contribution in [3.05, 3.63) is 473 Å². The van der Waals surface area contributed by atoms with Crippen LogP contribution in [0.2, 0.25) is 0 Å². The van der Waals surface area contributed by atoms with Crippen molar-refractivity contribution in [2.45, 2.75) is 0 Å². The number of benzene rings is 25. The second-order valence-electron chi connectivity index (χ2n) is 38.0. The molecule has 0 unspecified atom stereocenters. The van der Waals surface area contributed by atoms with Crippen LogP contribution in [-0.4, -0.2) is 38.2 Å². The van der Waals surface area contributed by atoms with Crippen molar-refractivity contribution in [1.29, 1.82) is 0 Å². The SMILES string of the molecule is c1ccc2c(c1)-c1cccc3c(-c4nc5ccccc5nc4-c4ccc(-n5c6ccccc6c6cc7cc(-n8c9ccccc9c9c%10ccccc%10ccc98)ccc7cc65)c5ccccc45)ccc-2c13.c1ccc2cc3c(cc2c1)c1c(-n2c4ccccc4c4c5ccccc5ccc42)cccc1n3-c1ccc2c(-c3nc4ccccc4nc3-c3ccc4c5ccccc5c5ccccc5c4c3)cccc2c1. The normalized spacial score (nSPS) is 12.2. The van der Waals surface area contributed by atoms with Gasteiger partial charge in [0, 0.05) is 82.1 Å². The predicted octanol–water partition coefficient (Wildman–Crippen LogP) is 35.5. The largest absolute Gasteiger partial charge is 0.309 e. The Labute approximate surface area is 812 Å². The van der Waals surface area contributed by atoms with Crippen molar-refractivity contribution in [2.75, 3.05) is 0 Å². The van der Waals surface area contributed by atoms with Crippen molar-refractivity contribution < 1.29 is 0 Å². The van der Waals surface area contributed by atoms with E-state index in [0.29, 0.717) is 0 Å². The maximum atomic E-state index is 5.51. The lowest BCUT2D eigenvalue weighted by Crippen LogP contribution is -1.99. The molecule has 31 aromatic rings. The van der Waals surface area contributed by atoms with Crippen LogP contribution in [0.1, 0.15) is 0 Å². The molecule has 32 rings (SSSR count). The first-order valence-corrected chi connectivity index (χ1v) is 48.8. The van der Waals surface area contributed by atoms with Crippen LogP contribution in [0.4, 0.5) is 0 Å². The van der Waals surface area contributed by atoms with Gasteiger partial charge in [-0.3, -0.25) is 0 Å². The second-order valence-corrected chi connectivity index (χ2v) is 38.0. The van der Waals surface area contributed by atoms with Crippen LogP contribution in [0.15, 0.2) is 473 Å². The van der Waals surface area contributed by atoms with E-state index in [9.17, 15) is 0 Å². The standard InChI is InChI=1S/C68H40N4.C66H38N4/c1-2-17-43-40-64-57(38-42(43)16-1)66-61(29-14-30-62(66)72-60-28-12-9-24-55(60)65-48-19-4-3-15-41(48)32-36-63(65)72)71(64)46-33-35-47-44(37-46)18-13-25-54(47)68-67(69-58-26-10-11-27-59(58)70-68)45-31-34-53-51-22-6-5-20-49(51)50-21-7-8-23-52(50)56(53)39-45;1-2-15-43-39(14-1)29-34-61-64(43)54-21-8-12-27-59(54)69(61)42-30-28-40-38-62-55(37-41(40)36-42)48-20-7-11-26-58(48)70(62)60-35-33-52(46-18-5-6-19-47(46)60)65-66(68-57-25-10-9-24-56(57)67-65)53-32-31-51-45-17-4-3-16-44(45)49-22-13-23-50(53)63(49)51/h1-40H;1-38H. The Bertz CT molecular complexity index is 11000. The Balaban J connectivity index is 0.000000130. The summed E-state index contributed by atoms with van der Waals surface area (Å²) in [4.78, 5) is 21.9. The molecule has 0 radical (unpaired) electrons. The summed E-state index contributed by atoms with van der Waals surface area (Å²) in [5, 5.41) is 34.2. The van der Waals surface area contributed by atoms with Gasteiger partial charge < -0.3 is 18.3 Å². The molecule has 6 heterocycles. The molecular formula is C134H78N8. The first kappa shape index (κ1) is 78.2. The minimum Gasteiger partial charge on any atom is -0.309 e. The molecule has 142 heavy (non-hydrogen) atoms. The van der Waals surface area contributed by atoms with E-state index in [0.717, 1.165) is 122 Å². The average Bonchev–Trinajstić information content (AvgIpc) is 1.54. The highest BCUT2D eigenvalue weighted by molar-refractivity contribution is 6.29. The maximum absolute atomic E-state index is 5.51. The molecule has 0 atom stereocenters. The van der Waals surface area contributed by atoms with E-state index < -0.39 is 0 Å². The molecule has 0 amide bonds. The van der Waals surface area contributed by atoms with Crippen molar-refractivity contribution >= 4 is 217 Å². The zero-order valence-electron chi connectivity index (χ0n) is 76.6. The molecular weight excluding hydrogens is 1720 g/mol. The number of hydrogen-bond acceptors (Lipinski definition) is 4. The third-order valence-electron chi connectivity index (χ3n) is 30.6. The second kappa shape index (κ2) is 30.2. The Morgan fingerprint density at radius 2 is 0.507 bits per heavy atom. The molecule has 654 valence electrons. The third-order valence-corrected chi connectivity index (χ3v) is 30.6. The van der Waals surface area contributed by atoms with Gasteiger partial charge in [-0.15, -0.1) is 0 Å². The van der Waals surface area contributed by atoms with E-state index in [1.54, 1.807) is 0 Å². The minimum atomic E-state index is 0.864. The molecule has 0 saturated heterocycles. The van der Waals surface area contributed by atoms with Gasteiger partial charge in [-0.05, 0) is 258 Å². The predicted molar refractivity (Wildman–Crippen MR) is 598 cm³/mol. The highest BCUT2D eigenvalue weighted by atomic mass is 15.0. The number of para-hydroxylation sites is 7. The molecule has 0 N–H and O–H groups in total. The Hall–Kier alpha value is -19.0. The van der Waals surface area contributed by atoms with Crippen LogP contribution in [-0.2, 0) is 0 Å². The van der Waals surface area contributed by atoms with Gasteiger partial charge in [0.15, 0.2) is 0 Å². The first-order valence-electron chi connectivity index (χ1n) is 48.8. The number of fused-ring (bicyclic) bond motifs is 31. The van der Waals surface area contributed by atoms with Crippen LogP contribution in [0.25, 0.3) is 307 Å². The van der Waals surface area contributed by atoms with E-state index >= 15 is 0 Å². The summed E-state index contributed by atoms with van der Waals surface area (Å²) in [6, 6.07) is 173. The van der Waals surface area contributed by atoms with E-state index in [4.69, 9.17) is 19.9 Å². The fraction of sp³-hybridized carbons (Fsp3) is 0. The van der Waals surface area contributed by atoms with Gasteiger partial charge in [0.2, 0.25) is 0 Å². The van der Waals surface area contributed by atoms with Crippen LogP contribution in [0.3, 0.4) is 0 Å². The number of rotatable bonds is 8. The monoisotopic (exact) mass is 1800 g/mol. The van der Waals surface area contributed by atoms with E-state index in [2.05, 4.69) is 479 Å². The third kappa shape index (κ3) is 11.5. The molecule has 1 aliphatic rings. The molecule has 6 aromatic heterocycles. The molecule has 25 aromatic carbocycles. The van der Waals surface area contributed by atoms with Gasteiger partial charge in [0.1, 0.15) is 0 Å². The zero-order valence-corrected chi connectivity index (χ0v) is 76.6. The molecule has 0 spiro atoms. The summed E-state index contributed by atoms with van der Waals surface area (Å²) in [7, 11) is 0. The van der Waals surface area contributed by atoms with Gasteiger partial charge in [-0.1, -0.05) is 340 Å². The maximum Gasteiger partial charge on any atom is 0.0979 e. The molecule has 1 aliphatic carbocycles. The zero-order chi connectivity index (χ0) is 92.6. The van der Waals surface area contributed by atoms with Crippen molar-refractivity contribution in [2.24, 2.45) is 0 Å². The molecule has 0 aliphatic heterocycles. The molecule has 0 bridgehead atoms. The summed E-state index contributed by atoms with van der Waals surface area (Å²) >= 11 is 0. The van der Waals surface area contributed by atoms with Crippen molar-refractivity contribution in [1.82, 2.24) is 38.2 Å². The van der Waals surface area contributed by atoms with E-state index in [-0.39, 0.29) is 0 Å². The Kier molecular flexibility index (Phi) is 16.7. The van der Waals surface area contributed by atoms with Gasteiger partial charge in [-0.2, -0.15) is 0 Å². The van der Waals surface area contributed by atoms with Crippen molar-refractivity contribution in [3.8, 4) is 90.0 Å². The quantitative estimate of drug-likeness (QED) is 0.142. The van der Waals surface area contributed by atoms with Gasteiger partial charge in [0.25, 0.3) is 0 Å². The fourth-order valence-corrected chi connectivity index (χ4v) is 24.4.